The third kappa shape index (κ3) is 5.00. The van der Waals surface area contributed by atoms with E-state index in [4.69, 9.17) is 21.1 Å². The normalized spacial score (nSPS) is 12.7. The van der Waals surface area contributed by atoms with Crippen molar-refractivity contribution in [1.29, 1.82) is 0 Å². The van der Waals surface area contributed by atoms with Crippen LogP contribution in [0.2, 0.25) is 0 Å². The van der Waals surface area contributed by atoms with Gasteiger partial charge in [-0.1, -0.05) is 13.0 Å². The standard InChI is InChI=1S/C16H22ClNO4/c1-5-8-21-11-13-9-14(18(19)20)6-7-15(13)22-16(3,4)12(2)10-17/h5-7,9,12H,1,8,10-11H2,2-4H3. The molecule has 0 amide bonds. The molecule has 122 valence electrons. The molecule has 1 atom stereocenters. The fraction of sp³-hybridized carbons (Fsp3) is 0.500. The number of hydrogen-bond donors (Lipinski definition) is 0. The fourth-order valence-electron chi connectivity index (χ4n) is 1.71. The van der Waals surface area contributed by atoms with Gasteiger partial charge in [0.1, 0.15) is 11.4 Å². The second-order valence-corrected chi connectivity index (χ2v) is 5.92. The molecule has 1 unspecified atom stereocenters. The van der Waals surface area contributed by atoms with Crippen LogP contribution < -0.4 is 4.74 Å². The van der Waals surface area contributed by atoms with Gasteiger partial charge in [-0.2, -0.15) is 0 Å². The maximum Gasteiger partial charge on any atom is 0.270 e. The van der Waals surface area contributed by atoms with Crippen molar-refractivity contribution in [3.8, 4) is 5.75 Å². The summed E-state index contributed by atoms with van der Waals surface area (Å²) in [6, 6.07) is 4.50. The molecule has 5 nitrogen and oxygen atoms in total. The van der Waals surface area contributed by atoms with Crippen molar-refractivity contribution in [1.82, 2.24) is 0 Å². The first-order chi connectivity index (χ1) is 10.3. The van der Waals surface area contributed by atoms with Crippen LogP contribution in [-0.2, 0) is 11.3 Å². The van der Waals surface area contributed by atoms with Gasteiger partial charge in [0.15, 0.2) is 0 Å². The molecular formula is C16H22ClNO4. The van der Waals surface area contributed by atoms with Gasteiger partial charge in [-0.15, -0.1) is 18.2 Å². The van der Waals surface area contributed by atoms with E-state index in [-0.39, 0.29) is 18.2 Å². The van der Waals surface area contributed by atoms with Crippen molar-refractivity contribution in [2.45, 2.75) is 33.0 Å². The summed E-state index contributed by atoms with van der Waals surface area (Å²) in [5.74, 6) is 1.14. The van der Waals surface area contributed by atoms with E-state index in [1.807, 2.05) is 20.8 Å². The highest BCUT2D eigenvalue weighted by atomic mass is 35.5. The van der Waals surface area contributed by atoms with E-state index in [0.717, 1.165) is 0 Å². The third-order valence-corrected chi connectivity index (χ3v) is 4.00. The van der Waals surface area contributed by atoms with Gasteiger partial charge in [-0.3, -0.25) is 10.1 Å². The lowest BCUT2D eigenvalue weighted by molar-refractivity contribution is -0.385. The van der Waals surface area contributed by atoms with Crippen LogP contribution in [0.4, 0.5) is 5.69 Å². The number of halogens is 1. The minimum atomic E-state index is -0.495. The maximum absolute atomic E-state index is 10.9. The molecule has 0 aliphatic heterocycles. The van der Waals surface area contributed by atoms with Gasteiger partial charge >= 0.3 is 0 Å². The molecule has 0 aliphatic carbocycles. The van der Waals surface area contributed by atoms with Crippen LogP contribution in [0.3, 0.4) is 0 Å². The number of nitro benzene ring substituents is 1. The molecule has 0 saturated heterocycles. The summed E-state index contributed by atoms with van der Waals surface area (Å²) in [5.41, 5.74) is 0.143. The van der Waals surface area contributed by atoms with E-state index in [1.54, 1.807) is 12.1 Å². The third-order valence-electron chi connectivity index (χ3n) is 3.54. The lowest BCUT2D eigenvalue weighted by atomic mass is 9.94. The molecule has 1 aromatic carbocycles. The molecule has 0 heterocycles. The van der Waals surface area contributed by atoms with Crippen molar-refractivity contribution in [3.05, 3.63) is 46.5 Å². The molecule has 0 saturated carbocycles. The zero-order valence-electron chi connectivity index (χ0n) is 13.2. The zero-order chi connectivity index (χ0) is 16.8. The van der Waals surface area contributed by atoms with Crippen molar-refractivity contribution in [2.24, 2.45) is 5.92 Å². The van der Waals surface area contributed by atoms with Gasteiger partial charge in [0.2, 0.25) is 0 Å². The maximum atomic E-state index is 10.9. The first-order valence-electron chi connectivity index (χ1n) is 7.02. The Balaban J connectivity index is 3.05. The van der Waals surface area contributed by atoms with E-state index >= 15 is 0 Å². The van der Waals surface area contributed by atoms with Crippen molar-refractivity contribution >= 4 is 17.3 Å². The average molecular weight is 328 g/mol. The Kier molecular flexibility index (Phi) is 6.84. The second-order valence-electron chi connectivity index (χ2n) is 5.61. The summed E-state index contributed by atoms with van der Waals surface area (Å²) in [6.07, 6.45) is 1.62. The molecule has 0 fully saturated rings. The number of nitro groups is 1. The van der Waals surface area contributed by atoms with Crippen LogP contribution >= 0.6 is 11.6 Å². The van der Waals surface area contributed by atoms with Crippen molar-refractivity contribution in [2.75, 3.05) is 12.5 Å². The molecule has 0 N–H and O–H groups in total. The highest BCUT2D eigenvalue weighted by Crippen LogP contribution is 2.31. The molecule has 22 heavy (non-hydrogen) atoms. The summed E-state index contributed by atoms with van der Waals surface area (Å²) in [6.45, 7) is 10.0. The van der Waals surface area contributed by atoms with E-state index in [1.165, 1.54) is 12.1 Å². The fourth-order valence-corrected chi connectivity index (χ4v) is 2.09. The highest BCUT2D eigenvalue weighted by Gasteiger charge is 2.28. The van der Waals surface area contributed by atoms with Crippen molar-refractivity contribution < 1.29 is 14.4 Å². The number of rotatable bonds is 9. The number of benzene rings is 1. The van der Waals surface area contributed by atoms with E-state index in [0.29, 0.717) is 23.8 Å². The molecule has 1 rings (SSSR count). The molecule has 0 aliphatic rings. The van der Waals surface area contributed by atoms with E-state index < -0.39 is 10.5 Å². The van der Waals surface area contributed by atoms with Crippen LogP contribution in [0.1, 0.15) is 26.3 Å². The lowest BCUT2D eigenvalue weighted by Gasteiger charge is -2.32. The minimum absolute atomic E-state index is 0.00718. The number of hydrogen-bond acceptors (Lipinski definition) is 4. The van der Waals surface area contributed by atoms with Gasteiger partial charge in [0.25, 0.3) is 5.69 Å². The summed E-state index contributed by atoms with van der Waals surface area (Å²) in [5, 5.41) is 10.9. The molecule has 6 heteroatoms. The van der Waals surface area contributed by atoms with Crippen LogP contribution in [0.15, 0.2) is 30.9 Å². The molecule has 0 radical (unpaired) electrons. The Morgan fingerprint density at radius 1 is 1.50 bits per heavy atom. The Morgan fingerprint density at radius 2 is 2.18 bits per heavy atom. The smallest absolute Gasteiger partial charge is 0.270 e. The largest absolute Gasteiger partial charge is 0.487 e. The monoisotopic (exact) mass is 327 g/mol. The second kappa shape index (κ2) is 8.15. The van der Waals surface area contributed by atoms with Gasteiger partial charge in [0, 0.05) is 29.5 Å². The Labute approximate surface area is 136 Å². The molecule has 1 aromatic rings. The van der Waals surface area contributed by atoms with Crippen molar-refractivity contribution in [3.63, 3.8) is 0 Å². The number of non-ortho nitro benzene ring substituents is 1. The van der Waals surface area contributed by atoms with Gasteiger partial charge in [-0.25, -0.2) is 0 Å². The molecule has 0 aromatic heterocycles. The van der Waals surface area contributed by atoms with Gasteiger partial charge in [-0.05, 0) is 19.9 Å². The SMILES string of the molecule is C=CCOCc1cc([N+](=O)[O-])ccc1OC(C)(C)C(C)CCl. The Hall–Kier alpha value is -1.59. The van der Waals surface area contributed by atoms with Crippen LogP contribution in [-0.4, -0.2) is 23.0 Å². The van der Waals surface area contributed by atoms with E-state index in [9.17, 15) is 10.1 Å². The first kappa shape index (κ1) is 18.5. The first-order valence-corrected chi connectivity index (χ1v) is 7.56. The topological polar surface area (TPSA) is 61.6 Å². The lowest BCUT2D eigenvalue weighted by Crippen LogP contribution is -2.37. The van der Waals surface area contributed by atoms with E-state index in [2.05, 4.69) is 6.58 Å². The van der Waals surface area contributed by atoms with Crippen LogP contribution in [0, 0.1) is 16.0 Å². The predicted octanol–water partition coefficient (Wildman–Crippen LogP) is 4.33. The summed E-state index contributed by atoms with van der Waals surface area (Å²) in [4.78, 5) is 10.5. The zero-order valence-corrected chi connectivity index (χ0v) is 13.9. The molecule has 0 spiro atoms. The summed E-state index contributed by atoms with van der Waals surface area (Å²) in [7, 11) is 0. The van der Waals surface area contributed by atoms with Crippen LogP contribution in [0.5, 0.6) is 5.75 Å². The molecular weight excluding hydrogens is 306 g/mol. The Bertz CT molecular complexity index is 531. The van der Waals surface area contributed by atoms with Gasteiger partial charge in [0.05, 0.1) is 18.1 Å². The number of alkyl halides is 1. The Morgan fingerprint density at radius 3 is 2.73 bits per heavy atom. The molecule has 0 bridgehead atoms. The highest BCUT2D eigenvalue weighted by molar-refractivity contribution is 6.18. The number of nitrogens with zero attached hydrogens (tertiary/aromatic N) is 1. The quantitative estimate of drug-likeness (QED) is 0.223. The van der Waals surface area contributed by atoms with Gasteiger partial charge < -0.3 is 9.47 Å². The summed E-state index contributed by atoms with van der Waals surface area (Å²) < 4.78 is 11.4. The predicted molar refractivity (Wildman–Crippen MR) is 87.5 cm³/mol. The number of ether oxygens (including phenoxy) is 2. The van der Waals surface area contributed by atoms with Crippen LogP contribution in [0.25, 0.3) is 0 Å². The summed E-state index contributed by atoms with van der Waals surface area (Å²) >= 11 is 5.91. The minimum Gasteiger partial charge on any atom is -0.487 e. The average Bonchev–Trinajstić information content (AvgIpc) is 2.47.